The average Bonchev–Trinajstić information content (AvgIpc) is 2.41. The fraction of sp³-hybridized carbons (Fsp3) is 0.562. The van der Waals surface area contributed by atoms with Crippen LogP contribution in [0.2, 0.25) is 0 Å². The molecule has 2 rings (SSSR count). The fourth-order valence-corrected chi connectivity index (χ4v) is 2.75. The monoisotopic (exact) mass is 263 g/mol. The highest BCUT2D eigenvalue weighted by Gasteiger charge is 2.26. The van der Waals surface area contributed by atoms with Crippen molar-refractivity contribution < 1.29 is 9.18 Å². The average molecular weight is 263 g/mol. The number of piperidine rings is 1. The third kappa shape index (κ3) is 2.96. The van der Waals surface area contributed by atoms with Gasteiger partial charge in [-0.2, -0.15) is 0 Å². The first-order chi connectivity index (χ1) is 9.00. The van der Waals surface area contributed by atoms with E-state index in [0.29, 0.717) is 17.4 Å². The molecule has 0 aliphatic carbocycles. The number of rotatable bonds is 2. The molecule has 2 nitrogen and oxygen atoms in total. The van der Waals surface area contributed by atoms with E-state index in [4.69, 9.17) is 0 Å². The van der Waals surface area contributed by atoms with Crippen LogP contribution in [0.3, 0.4) is 0 Å². The number of benzene rings is 1. The van der Waals surface area contributed by atoms with Crippen molar-refractivity contribution in [3.63, 3.8) is 0 Å². The first-order valence-electron chi connectivity index (χ1n) is 7.05. The topological polar surface area (TPSA) is 20.3 Å². The maximum Gasteiger partial charge on any atom is 0.256 e. The number of nitrogens with zero attached hydrogens (tertiary/aromatic N) is 1. The second kappa shape index (κ2) is 5.72. The Labute approximate surface area is 114 Å². The van der Waals surface area contributed by atoms with Crippen molar-refractivity contribution >= 4 is 5.91 Å². The van der Waals surface area contributed by atoms with Crippen molar-refractivity contribution in [1.29, 1.82) is 0 Å². The zero-order valence-electron chi connectivity index (χ0n) is 11.9. The van der Waals surface area contributed by atoms with Crippen LogP contribution in [0.4, 0.5) is 4.39 Å². The molecule has 1 fully saturated rings. The van der Waals surface area contributed by atoms with Gasteiger partial charge >= 0.3 is 0 Å². The molecule has 0 atom stereocenters. The summed E-state index contributed by atoms with van der Waals surface area (Å²) in [4.78, 5) is 14.1. The van der Waals surface area contributed by atoms with Gasteiger partial charge in [-0.15, -0.1) is 0 Å². The third-order valence-corrected chi connectivity index (χ3v) is 4.19. The summed E-state index contributed by atoms with van der Waals surface area (Å²) < 4.78 is 14.0. The quantitative estimate of drug-likeness (QED) is 0.797. The van der Waals surface area contributed by atoms with E-state index in [1.165, 1.54) is 0 Å². The normalized spacial score (nSPS) is 17.0. The van der Waals surface area contributed by atoms with Crippen LogP contribution in [0, 0.1) is 24.6 Å². The van der Waals surface area contributed by atoms with Crippen molar-refractivity contribution in [3.05, 3.63) is 35.1 Å². The summed E-state index contributed by atoms with van der Waals surface area (Å²) in [7, 11) is 0. The second-order valence-electron chi connectivity index (χ2n) is 5.81. The zero-order valence-corrected chi connectivity index (χ0v) is 11.9. The summed E-state index contributed by atoms with van der Waals surface area (Å²) in [6.45, 7) is 7.63. The second-order valence-corrected chi connectivity index (χ2v) is 5.81. The summed E-state index contributed by atoms with van der Waals surface area (Å²) in [6, 6.07) is 5.02. The van der Waals surface area contributed by atoms with Gasteiger partial charge in [-0.1, -0.05) is 26.0 Å². The van der Waals surface area contributed by atoms with Gasteiger partial charge in [-0.3, -0.25) is 4.79 Å². The van der Waals surface area contributed by atoms with E-state index in [9.17, 15) is 9.18 Å². The molecule has 1 heterocycles. The summed E-state index contributed by atoms with van der Waals surface area (Å²) in [5.74, 6) is 0.807. The zero-order chi connectivity index (χ0) is 14.0. The Hall–Kier alpha value is -1.38. The van der Waals surface area contributed by atoms with Gasteiger partial charge in [0.05, 0.1) is 5.56 Å². The Kier molecular flexibility index (Phi) is 4.23. The van der Waals surface area contributed by atoms with E-state index >= 15 is 0 Å². The number of halogens is 1. The molecule has 1 aliphatic rings. The van der Waals surface area contributed by atoms with E-state index < -0.39 is 0 Å². The van der Waals surface area contributed by atoms with Gasteiger partial charge in [-0.05, 0) is 43.2 Å². The van der Waals surface area contributed by atoms with Crippen molar-refractivity contribution in [2.45, 2.75) is 33.6 Å². The Morgan fingerprint density at radius 2 is 1.95 bits per heavy atom. The largest absolute Gasteiger partial charge is 0.339 e. The summed E-state index contributed by atoms with van der Waals surface area (Å²) in [6.07, 6.45) is 2.05. The highest BCUT2D eigenvalue weighted by atomic mass is 19.1. The molecule has 0 N–H and O–H groups in total. The minimum atomic E-state index is -0.376. The molecule has 1 aromatic rings. The van der Waals surface area contributed by atoms with Crippen LogP contribution < -0.4 is 0 Å². The number of aryl methyl sites for hydroxylation is 1. The van der Waals surface area contributed by atoms with Crippen LogP contribution in [0.25, 0.3) is 0 Å². The molecular weight excluding hydrogens is 241 g/mol. The number of carbonyl (C=O) groups excluding carboxylic acids is 1. The highest BCUT2D eigenvalue weighted by Crippen LogP contribution is 2.25. The van der Waals surface area contributed by atoms with Crippen molar-refractivity contribution in [2.75, 3.05) is 13.1 Å². The third-order valence-electron chi connectivity index (χ3n) is 4.19. The molecule has 0 spiro atoms. The van der Waals surface area contributed by atoms with Gasteiger partial charge < -0.3 is 4.90 Å². The fourth-order valence-electron chi connectivity index (χ4n) is 2.75. The van der Waals surface area contributed by atoms with Crippen LogP contribution in [0.1, 0.15) is 42.6 Å². The lowest BCUT2D eigenvalue weighted by Gasteiger charge is -2.34. The first-order valence-corrected chi connectivity index (χ1v) is 7.05. The van der Waals surface area contributed by atoms with E-state index in [1.54, 1.807) is 30.0 Å². The van der Waals surface area contributed by atoms with Crippen molar-refractivity contribution in [1.82, 2.24) is 4.90 Å². The Bertz CT molecular complexity index is 462. The number of carbonyl (C=O) groups is 1. The summed E-state index contributed by atoms with van der Waals surface area (Å²) >= 11 is 0. The van der Waals surface area contributed by atoms with Gasteiger partial charge in [-0.25, -0.2) is 4.39 Å². The lowest BCUT2D eigenvalue weighted by molar-refractivity contribution is 0.0663. The minimum Gasteiger partial charge on any atom is -0.339 e. The molecule has 3 heteroatoms. The first kappa shape index (κ1) is 14.0. The van der Waals surface area contributed by atoms with Crippen LogP contribution >= 0.6 is 0 Å². The Morgan fingerprint density at radius 3 is 2.53 bits per heavy atom. The van der Waals surface area contributed by atoms with Crippen molar-refractivity contribution in [2.24, 2.45) is 11.8 Å². The highest BCUT2D eigenvalue weighted by molar-refractivity contribution is 5.94. The van der Waals surface area contributed by atoms with Gasteiger partial charge in [0.15, 0.2) is 0 Å². The van der Waals surface area contributed by atoms with Gasteiger partial charge in [0.2, 0.25) is 0 Å². The Balaban J connectivity index is 2.07. The molecule has 1 aromatic carbocycles. The summed E-state index contributed by atoms with van der Waals surface area (Å²) in [5.41, 5.74) is 0.742. The molecule has 0 saturated carbocycles. The standard InChI is InChI=1S/C16H22FNO/c1-11(2)13-7-9-18(10-8-13)16(19)14-6-4-5-12(3)15(14)17/h4-6,11,13H,7-10H2,1-3H3. The van der Waals surface area contributed by atoms with Crippen molar-refractivity contribution in [3.8, 4) is 0 Å². The molecule has 0 aromatic heterocycles. The van der Waals surface area contributed by atoms with Gasteiger partial charge in [0, 0.05) is 13.1 Å². The number of likely N-dealkylation sites (tertiary alicyclic amines) is 1. The molecule has 1 aliphatic heterocycles. The molecule has 1 amide bonds. The number of hydrogen-bond acceptors (Lipinski definition) is 1. The van der Waals surface area contributed by atoms with Crippen LogP contribution in [0.15, 0.2) is 18.2 Å². The van der Waals surface area contributed by atoms with Crippen LogP contribution in [-0.2, 0) is 0 Å². The maximum absolute atomic E-state index is 14.0. The smallest absolute Gasteiger partial charge is 0.256 e. The predicted molar refractivity (Wildman–Crippen MR) is 74.6 cm³/mol. The maximum atomic E-state index is 14.0. The Morgan fingerprint density at radius 1 is 1.32 bits per heavy atom. The van der Waals surface area contributed by atoms with Crippen LogP contribution in [0.5, 0.6) is 0 Å². The van der Waals surface area contributed by atoms with E-state index in [2.05, 4.69) is 13.8 Å². The lowest BCUT2D eigenvalue weighted by Crippen LogP contribution is -2.39. The molecule has 19 heavy (non-hydrogen) atoms. The van der Waals surface area contributed by atoms with Gasteiger partial charge in [0.25, 0.3) is 5.91 Å². The van der Waals surface area contributed by atoms with E-state index in [0.717, 1.165) is 25.9 Å². The number of amides is 1. The molecule has 0 radical (unpaired) electrons. The predicted octanol–water partition coefficient (Wildman–Crippen LogP) is 3.64. The molecule has 0 unspecified atom stereocenters. The van der Waals surface area contributed by atoms with Crippen LogP contribution in [-0.4, -0.2) is 23.9 Å². The molecule has 104 valence electrons. The SMILES string of the molecule is Cc1cccc(C(=O)N2CCC(C(C)C)CC2)c1F. The lowest BCUT2D eigenvalue weighted by atomic mass is 9.86. The molecule has 0 bridgehead atoms. The van der Waals surface area contributed by atoms with E-state index in [1.807, 2.05) is 0 Å². The van der Waals surface area contributed by atoms with E-state index in [-0.39, 0.29) is 17.3 Å². The summed E-state index contributed by atoms with van der Waals surface area (Å²) in [5, 5.41) is 0. The minimum absolute atomic E-state index is 0.164. The molecule has 1 saturated heterocycles. The van der Waals surface area contributed by atoms with Gasteiger partial charge in [0.1, 0.15) is 5.82 Å². The molecular formula is C16H22FNO. The number of hydrogen-bond donors (Lipinski definition) is 0.